The molecular weight excluding hydrogens is 306 g/mol. The van der Waals surface area contributed by atoms with Crippen LogP contribution in [0.15, 0.2) is 35.7 Å². The molecule has 0 bridgehead atoms. The number of hydrogen-bond acceptors (Lipinski definition) is 4. The molecule has 0 aliphatic carbocycles. The number of thiophene rings is 1. The zero-order chi connectivity index (χ0) is 16.2. The van der Waals surface area contributed by atoms with Crippen LogP contribution in [-0.4, -0.2) is 37.0 Å². The standard InChI is InChI=1S/C18H23N3OS/c1-13-9-12-23-17(13)18(22)20-16-6-4-3-5-15(16)19-14-7-10-21(2)11-8-14/h3-6,9,12,14,19H,7-8,10-11H2,1-2H3,(H,20,22). The molecule has 2 aromatic rings. The summed E-state index contributed by atoms with van der Waals surface area (Å²) in [4.78, 5) is 15.6. The van der Waals surface area contributed by atoms with Crippen molar-refractivity contribution in [1.29, 1.82) is 0 Å². The first-order valence-corrected chi connectivity index (χ1v) is 8.91. The van der Waals surface area contributed by atoms with E-state index in [4.69, 9.17) is 0 Å². The van der Waals surface area contributed by atoms with Crippen molar-refractivity contribution in [3.8, 4) is 0 Å². The monoisotopic (exact) mass is 329 g/mol. The van der Waals surface area contributed by atoms with Crippen LogP contribution in [0.5, 0.6) is 0 Å². The number of nitrogens with zero attached hydrogens (tertiary/aromatic N) is 1. The number of carbonyl (C=O) groups is 1. The largest absolute Gasteiger partial charge is 0.381 e. The van der Waals surface area contributed by atoms with Crippen LogP contribution < -0.4 is 10.6 Å². The Hall–Kier alpha value is -1.85. The van der Waals surface area contributed by atoms with E-state index in [1.54, 1.807) is 0 Å². The summed E-state index contributed by atoms with van der Waals surface area (Å²) >= 11 is 1.48. The Balaban J connectivity index is 1.70. The van der Waals surface area contributed by atoms with Crippen LogP contribution in [0, 0.1) is 6.92 Å². The lowest BCUT2D eigenvalue weighted by Crippen LogP contribution is -2.36. The Morgan fingerprint density at radius 1 is 1.17 bits per heavy atom. The maximum atomic E-state index is 12.4. The molecule has 1 aromatic heterocycles. The molecule has 1 saturated heterocycles. The van der Waals surface area contributed by atoms with Gasteiger partial charge in [0, 0.05) is 6.04 Å². The first-order chi connectivity index (χ1) is 11.1. The van der Waals surface area contributed by atoms with Crippen molar-refractivity contribution in [3.63, 3.8) is 0 Å². The summed E-state index contributed by atoms with van der Waals surface area (Å²) in [5.74, 6) is -0.0323. The average molecular weight is 329 g/mol. The minimum Gasteiger partial charge on any atom is -0.381 e. The van der Waals surface area contributed by atoms with E-state index in [-0.39, 0.29) is 5.91 Å². The minimum atomic E-state index is -0.0323. The predicted molar refractivity (Wildman–Crippen MR) is 97.6 cm³/mol. The van der Waals surface area contributed by atoms with Crippen molar-refractivity contribution >= 4 is 28.6 Å². The first-order valence-electron chi connectivity index (χ1n) is 8.03. The molecule has 3 rings (SSSR count). The molecule has 1 amide bonds. The maximum absolute atomic E-state index is 12.4. The number of anilines is 2. The first kappa shape index (κ1) is 16.0. The third-order valence-corrected chi connectivity index (χ3v) is 5.34. The van der Waals surface area contributed by atoms with Gasteiger partial charge >= 0.3 is 0 Å². The van der Waals surface area contributed by atoms with Crippen molar-refractivity contribution in [2.75, 3.05) is 30.8 Å². The fourth-order valence-corrected chi connectivity index (χ4v) is 3.70. The summed E-state index contributed by atoms with van der Waals surface area (Å²) in [7, 11) is 2.16. The van der Waals surface area contributed by atoms with Crippen LogP contribution in [0.25, 0.3) is 0 Å². The zero-order valence-electron chi connectivity index (χ0n) is 13.6. The smallest absolute Gasteiger partial charge is 0.266 e. The van der Waals surface area contributed by atoms with Crippen LogP contribution in [0.1, 0.15) is 28.1 Å². The molecule has 1 aromatic carbocycles. The van der Waals surface area contributed by atoms with Crippen molar-refractivity contribution in [2.45, 2.75) is 25.8 Å². The molecular formula is C18H23N3OS. The Morgan fingerprint density at radius 2 is 1.87 bits per heavy atom. The van der Waals surface area contributed by atoms with Crippen LogP contribution in [0.2, 0.25) is 0 Å². The summed E-state index contributed by atoms with van der Waals surface area (Å²) in [6.45, 7) is 4.19. The minimum absolute atomic E-state index is 0.0323. The summed E-state index contributed by atoms with van der Waals surface area (Å²) in [6, 6.07) is 10.4. The Bertz CT molecular complexity index is 674. The van der Waals surface area contributed by atoms with E-state index < -0.39 is 0 Å². The molecule has 2 N–H and O–H groups in total. The number of rotatable bonds is 4. The fraction of sp³-hybridized carbons (Fsp3) is 0.389. The lowest BCUT2D eigenvalue weighted by Gasteiger charge is -2.30. The van der Waals surface area contributed by atoms with Crippen LogP contribution in [-0.2, 0) is 0 Å². The summed E-state index contributed by atoms with van der Waals surface area (Å²) < 4.78 is 0. The highest BCUT2D eigenvalue weighted by atomic mass is 32.1. The fourth-order valence-electron chi connectivity index (χ4n) is 2.88. The lowest BCUT2D eigenvalue weighted by molar-refractivity contribution is 0.103. The number of amides is 1. The molecule has 2 heterocycles. The predicted octanol–water partition coefficient (Wildman–Crippen LogP) is 3.81. The SMILES string of the molecule is Cc1ccsc1C(=O)Nc1ccccc1NC1CCN(C)CC1. The molecule has 23 heavy (non-hydrogen) atoms. The van der Waals surface area contributed by atoms with Gasteiger partial charge in [-0.05, 0) is 69.0 Å². The van der Waals surface area contributed by atoms with E-state index in [9.17, 15) is 4.79 Å². The van der Waals surface area contributed by atoms with Gasteiger partial charge < -0.3 is 15.5 Å². The van der Waals surface area contributed by atoms with Crippen LogP contribution in [0.3, 0.4) is 0 Å². The van der Waals surface area contributed by atoms with Crippen molar-refractivity contribution in [1.82, 2.24) is 4.90 Å². The van der Waals surface area contributed by atoms with Gasteiger partial charge in [-0.15, -0.1) is 11.3 Å². The molecule has 0 atom stereocenters. The number of likely N-dealkylation sites (tertiary alicyclic amines) is 1. The Labute approximate surface area is 141 Å². The third-order valence-electron chi connectivity index (χ3n) is 4.32. The third kappa shape index (κ3) is 3.92. The quantitative estimate of drug-likeness (QED) is 0.896. The molecule has 4 nitrogen and oxygen atoms in total. The lowest BCUT2D eigenvalue weighted by atomic mass is 10.0. The van der Waals surface area contributed by atoms with Gasteiger partial charge in [0.1, 0.15) is 0 Å². The van der Waals surface area contributed by atoms with Gasteiger partial charge in [0.05, 0.1) is 16.3 Å². The highest BCUT2D eigenvalue weighted by Gasteiger charge is 2.18. The number of aryl methyl sites for hydroxylation is 1. The van der Waals surface area contributed by atoms with Gasteiger partial charge in [-0.1, -0.05) is 12.1 Å². The molecule has 1 aliphatic heterocycles. The number of para-hydroxylation sites is 2. The zero-order valence-corrected chi connectivity index (χ0v) is 14.5. The van der Waals surface area contributed by atoms with Gasteiger partial charge in [-0.3, -0.25) is 4.79 Å². The van der Waals surface area contributed by atoms with E-state index in [2.05, 4.69) is 22.6 Å². The number of hydrogen-bond donors (Lipinski definition) is 2. The van der Waals surface area contributed by atoms with Gasteiger partial charge in [0.25, 0.3) is 5.91 Å². The second kappa shape index (κ2) is 7.15. The molecule has 0 spiro atoms. The van der Waals surface area contributed by atoms with E-state index in [1.165, 1.54) is 11.3 Å². The summed E-state index contributed by atoms with van der Waals surface area (Å²) in [6.07, 6.45) is 2.26. The van der Waals surface area contributed by atoms with Crippen LogP contribution >= 0.6 is 11.3 Å². The van der Waals surface area contributed by atoms with E-state index in [0.29, 0.717) is 6.04 Å². The Kier molecular flexibility index (Phi) is 4.98. The molecule has 0 unspecified atom stereocenters. The highest BCUT2D eigenvalue weighted by Crippen LogP contribution is 2.26. The van der Waals surface area contributed by atoms with E-state index in [0.717, 1.165) is 47.7 Å². The molecule has 0 saturated carbocycles. The summed E-state index contributed by atoms with van der Waals surface area (Å²) in [5, 5.41) is 8.60. The van der Waals surface area contributed by atoms with E-state index >= 15 is 0 Å². The number of nitrogens with one attached hydrogen (secondary N) is 2. The average Bonchev–Trinajstić information content (AvgIpc) is 2.97. The second-order valence-corrected chi connectivity index (χ2v) is 7.07. The number of piperidine rings is 1. The molecule has 0 radical (unpaired) electrons. The number of carbonyl (C=O) groups excluding carboxylic acids is 1. The van der Waals surface area contributed by atoms with Gasteiger partial charge in [0.2, 0.25) is 0 Å². The maximum Gasteiger partial charge on any atom is 0.266 e. The normalized spacial score (nSPS) is 16.3. The van der Waals surface area contributed by atoms with Gasteiger partial charge in [-0.25, -0.2) is 0 Å². The van der Waals surface area contributed by atoms with Gasteiger partial charge in [0.15, 0.2) is 0 Å². The van der Waals surface area contributed by atoms with Crippen molar-refractivity contribution in [2.24, 2.45) is 0 Å². The summed E-state index contributed by atoms with van der Waals surface area (Å²) in [5.41, 5.74) is 2.88. The van der Waals surface area contributed by atoms with Crippen LogP contribution in [0.4, 0.5) is 11.4 Å². The topological polar surface area (TPSA) is 44.4 Å². The van der Waals surface area contributed by atoms with E-state index in [1.807, 2.05) is 42.6 Å². The number of benzene rings is 1. The van der Waals surface area contributed by atoms with Crippen molar-refractivity contribution in [3.05, 3.63) is 46.2 Å². The van der Waals surface area contributed by atoms with Gasteiger partial charge in [-0.2, -0.15) is 0 Å². The molecule has 1 aliphatic rings. The highest BCUT2D eigenvalue weighted by molar-refractivity contribution is 7.12. The molecule has 122 valence electrons. The van der Waals surface area contributed by atoms with Crippen molar-refractivity contribution < 1.29 is 4.79 Å². The molecule has 5 heteroatoms. The second-order valence-electron chi connectivity index (χ2n) is 6.15. The Morgan fingerprint density at radius 3 is 2.52 bits per heavy atom. The molecule has 1 fully saturated rings.